The van der Waals surface area contributed by atoms with Crippen molar-refractivity contribution in [3.8, 4) is 11.8 Å². The Morgan fingerprint density at radius 1 is 0.436 bits per heavy atom. The first-order valence-corrected chi connectivity index (χ1v) is 41.4. The van der Waals surface area contributed by atoms with Gasteiger partial charge >= 0.3 is 34.0 Å². The summed E-state index contributed by atoms with van der Waals surface area (Å²) >= 11 is 0. The van der Waals surface area contributed by atoms with Gasteiger partial charge in [-0.15, -0.1) is 45.4 Å². The average Bonchev–Trinajstić information content (AvgIpc) is 1.62. The molecule has 654 valence electrons. The van der Waals surface area contributed by atoms with Gasteiger partial charge in [0.2, 0.25) is 5.43 Å². The quantitative estimate of drug-likeness (QED) is 0.0810. The molecule has 9 aromatic heterocycles. The smallest absolute Gasteiger partial charge is 0.365 e. The summed E-state index contributed by atoms with van der Waals surface area (Å²) in [6, 6.07) is 86.4. The molecule has 24 rings (SSSR count). The molecule has 41 nitrogen and oxygen atoms in total. The third-order valence-electron chi connectivity index (χ3n) is 19.8. The van der Waals surface area contributed by atoms with Gasteiger partial charge in [0.25, 0.3) is 5.91 Å². The number of fused-ring (bicyclic) bond motifs is 7. The summed E-state index contributed by atoms with van der Waals surface area (Å²) in [6.07, 6.45) is 9.07. The van der Waals surface area contributed by atoms with Gasteiger partial charge in [0.05, 0.1) is 62.9 Å². The zero-order valence-corrected chi connectivity index (χ0v) is 69.9. The van der Waals surface area contributed by atoms with E-state index in [1.165, 1.54) is 39.2 Å². The van der Waals surface area contributed by atoms with Crippen molar-refractivity contribution in [3.05, 3.63) is 360 Å². The maximum absolute atomic E-state index is 12.4. The molecule has 12 aromatic carbocycles. The molecule has 2 aliphatic heterocycles. The predicted octanol–water partition coefficient (Wildman–Crippen LogP) is 10.2. The van der Waals surface area contributed by atoms with E-state index in [0.29, 0.717) is 88.6 Å². The molecule has 133 heavy (non-hydrogen) atoms. The second kappa shape index (κ2) is 39.2. The molecule has 0 amide bonds. The van der Waals surface area contributed by atoms with Gasteiger partial charge in [-0.05, 0) is 173 Å². The Balaban J connectivity index is 0.000000106. The van der Waals surface area contributed by atoms with Gasteiger partial charge in [-0.1, -0.05) is 199 Å². The molecule has 2 atom stereocenters. The van der Waals surface area contributed by atoms with E-state index in [0.717, 1.165) is 53.2 Å². The Labute approximate surface area is 747 Å². The molecule has 42 heteroatoms. The average molecular weight is 1790 g/mol. The standard InChI is InChI=1S/C14H8N4O2.C14H11N3O2.C13H9N3O2.C13H9N3O.C12H9N3O3S.C9H9N3O2.C8H4N4O.C8H5N3O2/c15-9-10-6-7-12-13(8-10)18(17-16-12)20-14(19)11-4-2-1-3-5-11;18-14(11-6-2-1-3-7-11)19-10-17-13-9-5-4-8-12(13)15-16-17;17-13(10-6-2-1-3-7-10)18-16-12-9-5-4-8-11(12)14-15-16;17-13-8-4-1-2-7-11(8)16-12-9(13)5-3-6-10(12)14-15-16;16-19(17,10-6-2-1-3-7-10)18-15-12-9-5-4-8-11(12)13-14-15;1-7(13)14-6-12-9-5-3-2-4-8(9)10-11-12;13-7-4-9-12-8-5(7)2-1-3-6(8)10-11-12;12-7-4-13-6-3-1-2-5-8(6)11(7)10-9-5/h1-8H;1-9H,10H2;1-9H;1-8,11H;1-9H;2-5H,6H2,1H3;1-4H;1-3H,4H2. The third-order valence-corrected chi connectivity index (χ3v) is 21.0. The number of esters is 2. The van der Waals surface area contributed by atoms with Gasteiger partial charge in [0.15, 0.2) is 25.9 Å². The lowest BCUT2D eigenvalue weighted by Gasteiger charge is -2.28. The molecule has 0 saturated heterocycles. The van der Waals surface area contributed by atoms with Gasteiger partial charge in [-0.25, -0.2) is 28.4 Å². The summed E-state index contributed by atoms with van der Waals surface area (Å²) in [4.78, 5) is 94.6. The fourth-order valence-electron chi connectivity index (χ4n) is 13.4. The monoisotopic (exact) mass is 1790 g/mol. The van der Waals surface area contributed by atoms with E-state index in [-0.39, 0.29) is 66.0 Å². The van der Waals surface area contributed by atoms with Crippen LogP contribution in [0.4, 0.5) is 0 Å². The summed E-state index contributed by atoms with van der Waals surface area (Å²) in [5.41, 5.74) is 13.5. The van der Waals surface area contributed by atoms with Crippen molar-refractivity contribution in [3.63, 3.8) is 0 Å². The minimum atomic E-state index is -3.91. The molecule has 2 unspecified atom stereocenters. The van der Waals surface area contributed by atoms with Crippen molar-refractivity contribution >= 4 is 139 Å². The van der Waals surface area contributed by atoms with Crippen molar-refractivity contribution < 1.29 is 65.4 Å². The summed E-state index contributed by atoms with van der Waals surface area (Å²) in [6.45, 7) is 1.55. The molecule has 0 spiro atoms. The number of hydrogen-bond donors (Lipinski definition) is 0. The summed E-state index contributed by atoms with van der Waals surface area (Å²) in [7, 11) is -3.91. The number of carbonyl (C=O) groups excluding carboxylic acids is 6. The molecule has 0 saturated carbocycles. The van der Waals surface area contributed by atoms with Crippen LogP contribution in [0.1, 0.15) is 64.8 Å². The number of ketones is 1. The Morgan fingerprint density at radius 2 is 0.895 bits per heavy atom. The van der Waals surface area contributed by atoms with Crippen LogP contribution in [0.2, 0.25) is 0 Å². The van der Waals surface area contributed by atoms with Crippen LogP contribution in [0.3, 0.4) is 0 Å². The fourth-order valence-corrected chi connectivity index (χ4v) is 14.3. The first-order chi connectivity index (χ1) is 65.0. The van der Waals surface area contributed by atoms with E-state index < -0.39 is 22.1 Å². The van der Waals surface area contributed by atoms with Crippen LogP contribution in [0.5, 0.6) is 5.75 Å². The van der Waals surface area contributed by atoms with E-state index in [1.807, 2.05) is 132 Å². The second-order valence-electron chi connectivity index (χ2n) is 28.3. The highest BCUT2D eigenvalue weighted by atomic mass is 32.2. The number of hydrogen-bond acceptors (Lipinski definition) is 33. The molecule has 21 aromatic rings. The lowest BCUT2D eigenvalue weighted by atomic mass is 9.84. The van der Waals surface area contributed by atoms with Crippen molar-refractivity contribution in [1.82, 2.24) is 125 Å². The normalized spacial score (nSPS) is 13.0. The van der Waals surface area contributed by atoms with Gasteiger partial charge in [-0.2, -0.15) is 23.5 Å². The highest BCUT2D eigenvalue weighted by Crippen LogP contribution is 2.37. The lowest BCUT2D eigenvalue weighted by molar-refractivity contribution is -0.145. The zero-order valence-electron chi connectivity index (χ0n) is 69.0. The molecular formula is C91H64N26O15S. The van der Waals surface area contributed by atoms with Crippen molar-refractivity contribution in [2.75, 3.05) is 6.61 Å². The first kappa shape index (κ1) is 86.1. The Kier molecular flexibility index (Phi) is 25.4. The number of aromatic nitrogens is 25. The van der Waals surface area contributed by atoms with E-state index in [9.17, 15) is 42.0 Å². The molecular weight excluding hydrogens is 1730 g/mol. The van der Waals surface area contributed by atoms with Crippen LogP contribution in [0, 0.1) is 17.2 Å². The van der Waals surface area contributed by atoms with Crippen molar-refractivity contribution in [1.29, 1.82) is 5.26 Å². The van der Waals surface area contributed by atoms with Crippen LogP contribution >= 0.6 is 0 Å². The number of benzene rings is 12. The number of Topliss-reactive ketones (excluding diaryl/α,β-unsaturated/α-hetero) is 1. The largest absolute Gasteiger partial charge is 0.481 e. The van der Waals surface area contributed by atoms with E-state index in [4.69, 9.17) is 33.4 Å². The maximum atomic E-state index is 12.4. The molecule has 1 aliphatic carbocycles. The highest BCUT2D eigenvalue weighted by Gasteiger charge is 2.36. The van der Waals surface area contributed by atoms with Crippen LogP contribution in [-0.4, -0.2) is 176 Å². The van der Waals surface area contributed by atoms with E-state index in [1.54, 1.807) is 187 Å². The number of allylic oxidation sites excluding steroid dienone is 4. The Morgan fingerprint density at radius 3 is 1.50 bits per heavy atom. The molecule has 0 N–H and O–H groups in total. The van der Waals surface area contributed by atoms with Gasteiger partial charge in [0.1, 0.15) is 87.9 Å². The van der Waals surface area contributed by atoms with Crippen LogP contribution < -0.4 is 24.1 Å². The van der Waals surface area contributed by atoms with Gasteiger partial charge in [-0.3, -0.25) is 23.5 Å². The van der Waals surface area contributed by atoms with Crippen molar-refractivity contribution in [2.45, 2.75) is 31.3 Å². The number of nitrogens with zero attached hydrogens (tertiary/aromatic N) is 26. The van der Waals surface area contributed by atoms with Crippen molar-refractivity contribution in [2.24, 2.45) is 5.92 Å². The molecule has 0 radical (unpaired) electrons. The molecule has 3 aliphatic rings. The SMILES string of the molecule is CC(=O)OCn1nnc2ccccc21.N#Cc1ccc2nnn(OC(=O)c3ccccc3)c2c1.O=C(OCn1nnc2ccccc21)c1ccccc1.O=C(On1nnc2ccccc21)c1ccccc1.O=C1COc2cccc3nnn1c23.O=C1c2cccc3nnn(c23)C2C=CC=CC12.O=S(=O)(On1nnc2ccccc21)c1ccccc1.O=c1cnn2nnc3cccc1c32. The minimum Gasteiger partial charge on any atom is -0.481 e. The van der Waals surface area contributed by atoms with E-state index >= 15 is 0 Å². The summed E-state index contributed by atoms with van der Waals surface area (Å²) in [5, 5.41) is 75.4. The Hall–Kier alpha value is -19.1. The molecule has 0 bridgehead atoms. The third kappa shape index (κ3) is 19.4. The maximum Gasteiger partial charge on any atom is 0.365 e. The number of nitriles is 1. The van der Waals surface area contributed by atoms with Crippen LogP contribution in [0.15, 0.2) is 331 Å². The Bertz CT molecular complexity index is 8150. The number of para-hydroxylation sites is 7. The molecule has 0 fully saturated rings. The number of ether oxygens (including phenoxy) is 3. The number of carbonyl (C=O) groups is 6. The summed E-state index contributed by atoms with van der Waals surface area (Å²) < 4.78 is 51.9. The topological polar surface area (TPSA) is 491 Å². The van der Waals surface area contributed by atoms with Crippen LogP contribution in [0.25, 0.3) is 93.7 Å². The van der Waals surface area contributed by atoms with E-state index in [2.05, 4.69) is 87.6 Å². The van der Waals surface area contributed by atoms with Gasteiger partial charge in [0, 0.05) is 12.5 Å². The molecule has 11 heterocycles. The number of rotatable bonds is 12. The zero-order chi connectivity index (χ0) is 91.7. The highest BCUT2D eigenvalue weighted by molar-refractivity contribution is 7.87. The van der Waals surface area contributed by atoms with Gasteiger partial charge < -0.3 is 23.9 Å². The second-order valence-corrected chi connectivity index (χ2v) is 29.8. The predicted molar refractivity (Wildman–Crippen MR) is 473 cm³/mol. The fraction of sp³-hybridized carbons (Fsp3) is 0.0659. The first-order valence-electron chi connectivity index (χ1n) is 40.0. The van der Waals surface area contributed by atoms with Crippen LogP contribution in [-0.2, 0) is 37.8 Å². The minimum absolute atomic E-state index is 0.0209. The lowest BCUT2D eigenvalue weighted by Crippen LogP contribution is -2.30. The summed E-state index contributed by atoms with van der Waals surface area (Å²) in [5.74, 6) is -1.20.